The van der Waals surface area contributed by atoms with Crippen molar-refractivity contribution in [2.24, 2.45) is 11.8 Å². The number of halogens is 3. The number of aromatic nitrogens is 3. The predicted molar refractivity (Wildman–Crippen MR) is 175 cm³/mol. The third-order valence-corrected chi connectivity index (χ3v) is 10.9. The summed E-state index contributed by atoms with van der Waals surface area (Å²) in [5.74, 6) is 2.09. The van der Waals surface area contributed by atoms with E-state index in [9.17, 15) is 23.2 Å². The Morgan fingerprint density at radius 1 is 1.09 bits per heavy atom. The molecule has 1 aromatic carbocycles. The molecule has 12 heteroatoms. The van der Waals surface area contributed by atoms with Crippen LogP contribution in [-0.4, -0.2) is 69.1 Å². The lowest BCUT2D eigenvalue weighted by Crippen LogP contribution is -2.39. The molecule has 1 amide bonds. The first-order valence-electron chi connectivity index (χ1n) is 16.0. The Bertz CT molecular complexity index is 1760. The number of likely N-dealkylation sites (tertiary alicyclic amines) is 2. The summed E-state index contributed by atoms with van der Waals surface area (Å²) in [6.07, 6.45) is -0.496. The number of hydrogen-bond acceptors (Lipinski definition) is 7. The van der Waals surface area contributed by atoms with Crippen molar-refractivity contribution in [1.29, 1.82) is 5.26 Å². The SMILES string of the molecule is Cc1nc(NC2CCN(Cc3ccc4c(cc(C#N)n4C[C@H](C)C4CCN(C=O)CC4)c3C)CC2)c2cc(CC(F)(F)F)sc2n1. The Morgan fingerprint density at radius 3 is 2.50 bits per heavy atom. The second kappa shape index (κ2) is 13.2. The summed E-state index contributed by atoms with van der Waals surface area (Å²) in [5, 5.41) is 15.3. The Kier molecular flexibility index (Phi) is 9.26. The highest BCUT2D eigenvalue weighted by atomic mass is 32.1. The van der Waals surface area contributed by atoms with Crippen LogP contribution < -0.4 is 5.32 Å². The number of nitriles is 1. The molecule has 2 saturated heterocycles. The molecule has 2 aliphatic rings. The molecule has 0 spiro atoms. The van der Waals surface area contributed by atoms with E-state index in [-0.39, 0.29) is 10.9 Å². The maximum absolute atomic E-state index is 13.0. The predicted octanol–water partition coefficient (Wildman–Crippen LogP) is 6.82. The molecule has 3 aromatic heterocycles. The van der Waals surface area contributed by atoms with Gasteiger partial charge in [-0.15, -0.1) is 11.3 Å². The first kappa shape index (κ1) is 32.3. The molecule has 0 aliphatic carbocycles. The third-order valence-electron chi connectivity index (χ3n) is 9.83. The van der Waals surface area contributed by atoms with E-state index in [2.05, 4.69) is 56.8 Å². The summed E-state index contributed by atoms with van der Waals surface area (Å²) in [4.78, 5) is 25.2. The molecule has 4 aromatic rings. The number of thiophene rings is 1. The van der Waals surface area contributed by atoms with Crippen molar-refractivity contribution >= 4 is 44.7 Å². The Hall–Kier alpha value is -3.69. The minimum absolute atomic E-state index is 0.170. The molecule has 0 unspecified atom stereocenters. The van der Waals surface area contributed by atoms with Crippen LogP contribution in [-0.2, 0) is 24.3 Å². The van der Waals surface area contributed by atoms with Crippen LogP contribution in [0.2, 0.25) is 0 Å². The smallest absolute Gasteiger partial charge is 0.367 e. The van der Waals surface area contributed by atoms with E-state index in [1.807, 2.05) is 11.0 Å². The zero-order valence-corrected chi connectivity index (χ0v) is 27.3. The van der Waals surface area contributed by atoms with Gasteiger partial charge in [-0.2, -0.15) is 18.4 Å². The Labute approximate surface area is 271 Å². The number of rotatable bonds is 9. The van der Waals surface area contributed by atoms with Crippen molar-refractivity contribution < 1.29 is 18.0 Å². The van der Waals surface area contributed by atoms with Gasteiger partial charge in [0.15, 0.2) is 0 Å². The minimum Gasteiger partial charge on any atom is -0.367 e. The standard InChI is InChI=1S/C34H40F3N7OS/c1-21(24-6-10-43(20-45)11-7-24)18-44-27(17-38)14-29-22(2)25(4-5-31(29)44)19-42-12-8-26(9-13-42)41-32-30-15-28(16-34(35,36)37)46-33(30)40-23(3)39-32/h4-5,14-15,20-21,24,26H,6-13,16,18-19H2,1-3H3,(H,39,40,41)/t21-/m0/s1. The van der Waals surface area contributed by atoms with Gasteiger partial charge in [0.1, 0.15) is 28.2 Å². The van der Waals surface area contributed by atoms with Gasteiger partial charge in [-0.3, -0.25) is 9.69 Å². The lowest BCUT2D eigenvalue weighted by molar-refractivity contribution is -0.126. The summed E-state index contributed by atoms with van der Waals surface area (Å²) >= 11 is 1.08. The molecule has 46 heavy (non-hydrogen) atoms. The normalized spacial score (nSPS) is 17.9. The monoisotopic (exact) mass is 651 g/mol. The van der Waals surface area contributed by atoms with Gasteiger partial charge in [-0.25, -0.2) is 9.97 Å². The van der Waals surface area contributed by atoms with Crippen molar-refractivity contribution in [2.45, 2.75) is 78.2 Å². The van der Waals surface area contributed by atoms with Crippen LogP contribution in [0.1, 0.15) is 60.1 Å². The number of hydrogen-bond donors (Lipinski definition) is 1. The van der Waals surface area contributed by atoms with Crippen molar-refractivity contribution in [1.82, 2.24) is 24.3 Å². The summed E-state index contributed by atoms with van der Waals surface area (Å²) in [6, 6.07) is 10.6. The van der Waals surface area contributed by atoms with Gasteiger partial charge in [0, 0.05) is 61.1 Å². The van der Waals surface area contributed by atoms with Crippen molar-refractivity contribution in [3.8, 4) is 6.07 Å². The fourth-order valence-electron chi connectivity index (χ4n) is 7.16. The largest absolute Gasteiger partial charge is 0.393 e. The highest BCUT2D eigenvalue weighted by Gasteiger charge is 2.30. The molecule has 8 nitrogen and oxygen atoms in total. The average Bonchev–Trinajstić information content (AvgIpc) is 3.59. The van der Waals surface area contributed by atoms with Crippen LogP contribution in [0, 0.1) is 37.0 Å². The molecular formula is C34H40F3N7OS. The van der Waals surface area contributed by atoms with Crippen LogP contribution in [0.5, 0.6) is 0 Å². The number of benzene rings is 1. The summed E-state index contributed by atoms with van der Waals surface area (Å²) in [6.45, 7) is 11.1. The highest BCUT2D eigenvalue weighted by molar-refractivity contribution is 7.18. The Morgan fingerprint density at radius 2 is 1.83 bits per heavy atom. The Balaban J connectivity index is 1.10. The average molecular weight is 652 g/mol. The fraction of sp³-hybridized carbons (Fsp3) is 0.529. The van der Waals surface area contributed by atoms with Crippen LogP contribution >= 0.6 is 11.3 Å². The van der Waals surface area contributed by atoms with Gasteiger partial charge in [-0.05, 0) is 80.7 Å². The van der Waals surface area contributed by atoms with E-state index in [1.54, 1.807) is 13.0 Å². The van der Waals surface area contributed by atoms with Crippen LogP contribution in [0.25, 0.3) is 21.1 Å². The number of carbonyl (C=O) groups is 1. The maximum Gasteiger partial charge on any atom is 0.393 e. The molecule has 2 aliphatic heterocycles. The van der Waals surface area contributed by atoms with E-state index in [4.69, 9.17) is 0 Å². The van der Waals surface area contributed by atoms with E-state index < -0.39 is 12.6 Å². The summed E-state index contributed by atoms with van der Waals surface area (Å²) in [5.41, 5.74) is 4.23. The molecule has 0 radical (unpaired) electrons. The molecule has 2 fully saturated rings. The van der Waals surface area contributed by atoms with E-state index in [0.29, 0.717) is 39.4 Å². The number of amides is 1. The molecular weight excluding hydrogens is 611 g/mol. The first-order valence-corrected chi connectivity index (χ1v) is 16.9. The van der Waals surface area contributed by atoms with Gasteiger partial charge < -0.3 is 14.8 Å². The molecule has 1 N–H and O–H groups in total. The number of aryl methyl sites for hydroxylation is 2. The molecule has 5 heterocycles. The quantitative estimate of drug-likeness (QED) is 0.200. The zero-order chi connectivity index (χ0) is 32.6. The first-order chi connectivity index (χ1) is 22.0. The number of piperidine rings is 2. The lowest BCUT2D eigenvalue weighted by Gasteiger charge is -2.33. The van der Waals surface area contributed by atoms with Gasteiger partial charge >= 0.3 is 6.18 Å². The second-order valence-electron chi connectivity index (χ2n) is 13.0. The van der Waals surface area contributed by atoms with Gasteiger partial charge in [0.25, 0.3) is 0 Å². The number of alkyl halides is 3. The summed E-state index contributed by atoms with van der Waals surface area (Å²) < 4.78 is 41.2. The molecule has 244 valence electrons. The third kappa shape index (κ3) is 7.00. The fourth-order valence-corrected chi connectivity index (χ4v) is 8.26. The lowest BCUT2D eigenvalue weighted by atomic mass is 9.85. The van der Waals surface area contributed by atoms with Gasteiger partial charge in [0.05, 0.1) is 11.8 Å². The molecule has 0 saturated carbocycles. The van der Waals surface area contributed by atoms with Gasteiger partial charge in [-0.1, -0.05) is 13.0 Å². The van der Waals surface area contributed by atoms with Crippen LogP contribution in [0.4, 0.5) is 19.0 Å². The van der Waals surface area contributed by atoms with Crippen molar-refractivity contribution in [2.75, 3.05) is 31.5 Å². The van der Waals surface area contributed by atoms with Crippen LogP contribution in [0.3, 0.4) is 0 Å². The number of fused-ring (bicyclic) bond motifs is 2. The highest BCUT2D eigenvalue weighted by Crippen LogP contribution is 2.35. The number of nitrogens with zero attached hydrogens (tertiary/aromatic N) is 6. The topological polar surface area (TPSA) is 90.1 Å². The van der Waals surface area contributed by atoms with E-state index in [1.165, 1.54) is 11.1 Å². The maximum atomic E-state index is 13.0. The minimum atomic E-state index is -4.26. The number of anilines is 1. The second-order valence-corrected chi connectivity index (χ2v) is 14.1. The van der Waals surface area contributed by atoms with E-state index >= 15 is 0 Å². The molecule has 6 rings (SSSR count). The summed E-state index contributed by atoms with van der Waals surface area (Å²) in [7, 11) is 0. The van der Waals surface area contributed by atoms with Crippen molar-refractivity contribution in [3.63, 3.8) is 0 Å². The van der Waals surface area contributed by atoms with Gasteiger partial charge in [0.2, 0.25) is 6.41 Å². The molecule has 1 atom stereocenters. The van der Waals surface area contributed by atoms with Crippen LogP contribution in [0.15, 0.2) is 24.3 Å². The molecule has 0 bridgehead atoms. The zero-order valence-electron chi connectivity index (χ0n) is 26.5. The van der Waals surface area contributed by atoms with E-state index in [0.717, 1.165) is 93.6 Å². The van der Waals surface area contributed by atoms with Crippen molar-refractivity contribution in [3.05, 3.63) is 51.8 Å². The number of carbonyl (C=O) groups excluding carboxylic acids is 1. The number of nitrogens with one attached hydrogen (secondary N) is 1.